The van der Waals surface area contributed by atoms with Crippen molar-refractivity contribution in [2.45, 2.75) is 253 Å². The summed E-state index contributed by atoms with van der Waals surface area (Å²) in [5, 5.41) is 35.7. The third-order valence-electron chi connectivity index (χ3n) is 18.0. The van der Waals surface area contributed by atoms with E-state index in [-0.39, 0.29) is 65.4 Å². The lowest BCUT2D eigenvalue weighted by Crippen LogP contribution is -2.62. The molecule has 0 bridgehead atoms. The minimum atomic E-state index is -4.35. The minimum Gasteiger partial charge on any atom is -0.748 e. The van der Waals surface area contributed by atoms with Crippen molar-refractivity contribution in [2.24, 2.45) is 46.3 Å². The Morgan fingerprint density at radius 1 is 0.688 bits per heavy atom. The number of unbranched alkanes of at least 4 members (excludes halogenated alkanes) is 16. The van der Waals surface area contributed by atoms with Crippen LogP contribution in [0.4, 0.5) is 0 Å². The normalized spacial score (nSPS) is 30.7. The molecule has 0 aromatic carbocycles. The van der Waals surface area contributed by atoms with Crippen LogP contribution in [0.25, 0.3) is 0 Å². The Bertz CT molecular complexity index is 1360. The zero-order chi connectivity index (χ0) is 47.2. The van der Waals surface area contributed by atoms with Gasteiger partial charge in [0.1, 0.15) is 0 Å². The Labute approximate surface area is 395 Å². The van der Waals surface area contributed by atoms with Crippen LogP contribution in [-0.2, 0) is 14.9 Å². The highest BCUT2D eigenvalue weighted by molar-refractivity contribution is 7.85. The second kappa shape index (κ2) is 29.3. The summed E-state index contributed by atoms with van der Waals surface area (Å²) in [6.45, 7) is 21.6. The summed E-state index contributed by atoms with van der Waals surface area (Å²) in [5.74, 6) is 0.522. The van der Waals surface area contributed by atoms with Crippen LogP contribution in [0.2, 0.25) is 0 Å². The van der Waals surface area contributed by atoms with E-state index in [1.54, 1.807) is 0 Å². The SMILES string of the molecule is CCCCCCCCCCCCCCCC[N+](CCCC)(CCCC)CCCC.C[C@H](CCC(=O)NCCS(=O)(=O)[O-])[C@H]1CCC2C3C(C[C@H](O)[C@@]21C)[C@@]1(C)CC[C@@H](O)C[C@H]1C[C@H]3O. The first-order valence-corrected chi connectivity index (χ1v) is 29.2. The fraction of sp³-hybridized carbons (Fsp3) is 0.981. The highest BCUT2D eigenvalue weighted by Gasteiger charge is 2.65. The number of carbonyl (C=O) groups excluding carboxylic acids is 1. The van der Waals surface area contributed by atoms with Gasteiger partial charge < -0.3 is 29.7 Å². The van der Waals surface area contributed by atoms with Crippen molar-refractivity contribution in [1.29, 1.82) is 0 Å². The Morgan fingerprint density at radius 2 is 1.19 bits per heavy atom. The van der Waals surface area contributed by atoms with E-state index in [1.165, 1.54) is 159 Å². The molecule has 378 valence electrons. The standard InChI is InChI=1S/C28H60N.C26H45NO7S/c1-5-9-13-14-15-16-17-18-19-20-21-22-23-24-28-29(25-10-6-2,26-11-7-3)27-12-8-4;1-15(4-7-23(31)27-10-11-35(32,33)34)18-5-6-19-24-20(14-22(30)26(18,19)3)25(2)9-8-17(28)12-16(25)13-21(24)29/h5-28H2,1-4H3;15-22,24,28-30H,4-14H2,1-3H3,(H,27,31)(H,32,33,34)/q+1;/p-1/t;15-,16+,17-,18-,19?,20?,21-,22+,24?,25+,26-/m.1/s1. The van der Waals surface area contributed by atoms with E-state index >= 15 is 0 Å². The largest absolute Gasteiger partial charge is 0.748 e. The molecule has 0 aromatic rings. The molecule has 4 N–H and O–H groups in total. The van der Waals surface area contributed by atoms with E-state index in [0.717, 1.165) is 38.5 Å². The quantitative estimate of drug-likeness (QED) is 0.0307. The first-order chi connectivity index (χ1) is 30.5. The van der Waals surface area contributed by atoms with Crippen LogP contribution >= 0.6 is 0 Å². The van der Waals surface area contributed by atoms with Crippen molar-refractivity contribution in [1.82, 2.24) is 5.32 Å². The number of carbonyl (C=O) groups is 1. The molecule has 4 fully saturated rings. The number of aliphatic hydroxyl groups excluding tert-OH is 3. The molecular formula is C54H104N2O7S. The summed E-state index contributed by atoms with van der Waals surface area (Å²) in [6, 6.07) is 0. The lowest BCUT2D eigenvalue weighted by Gasteiger charge is -2.63. The summed E-state index contributed by atoms with van der Waals surface area (Å²) < 4.78 is 33.6. The van der Waals surface area contributed by atoms with Gasteiger partial charge in [0.25, 0.3) is 0 Å². The van der Waals surface area contributed by atoms with Crippen molar-refractivity contribution in [3.63, 3.8) is 0 Å². The summed E-state index contributed by atoms with van der Waals surface area (Å²) in [4.78, 5) is 12.2. The molecule has 3 unspecified atom stereocenters. The molecule has 4 saturated carbocycles. The molecular weight excluding hydrogens is 821 g/mol. The number of nitrogens with one attached hydrogen (secondary N) is 1. The van der Waals surface area contributed by atoms with Gasteiger partial charge in [0.05, 0.1) is 60.4 Å². The fourth-order valence-electron chi connectivity index (χ4n) is 13.9. The number of nitrogens with zero attached hydrogens (tertiary/aromatic N) is 1. The van der Waals surface area contributed by atoms with E-state index in [4.69, 9.17) is 0 Å². The van der Waals surface area contributed by atoms with E-state index in [2.05, 4.69) is 53.8 Å². The monoisotopic (exact) mass is 925 g/mol. The highest BCUT2D eigenvalue weighted by Crippen LogP contribution is 2.68. The van der Waals surface area contributed by atoms with Crippen LogP contribution in [0, 0.1) is 46.3 Å². The van der Waals surface area contributed by atoms with E-state index in [0.29, 0.717) is 18.8 Å². The van der Waals surface area contributed by atoms with Crippen molar-refractivity contribution < 1.29 is 37.6 Å². The van der Waals surface area contributed by atoms with Gasteiger partial charge in [0.2, 0.25) is 5.91 Å². The zero-order valence-electron chi connectivity index (χ0n) is 42.8. The van der Waals surface area contributed by atoms with Crippen molar-refractivity contribution >= 4 is 16.0 Å². The van der Waals surface area contributed by atoms with Gasteiger partial charge in [0, 0.05) is 13.0 Å². The minimum absolute atomic E-state index is 0.0464. The van der Waals surface area contributed by atoms with Crippen molar-refractivity contribution in [3.05, 3.63) is 0 Å². The predicted octanol–water partition coefficient (Wildman–Crippen LogP) is 11.7. The summed E-state index contributed by atoms with van der Waals surface area (Å²) in [5.41, 5.74) is -0.267. The van der Waals surface area contributed by atoms with Gasteiger partial charge in [-0.3, -0.25) is 4.79 Å². The Morgan fingerprint density at radius 3 is 1.70 bits per heavy atom. The smallest absolute Gasteiger partial charge is 0.220 e. The fourth-order valence-corrected chi connectivity index (χ4v) is 14.2. The zero-order valence-corrected chi connectivity index (χ0v) is 43.6. The van der Waals surface area contributed by atoms with Crippen molar-refractivity contribution in [3.8, 4) is 0 Å². The second-order valence-corrected chi connectivity index (χ2v) is 24.1. The van der Waals surface area contributed by atoms with Crippen LogP contribution in [-0.4, -0.2) is 95.5 Å². The molecule has 64 heavy (non-hydrogen) atoms. The predicted molar refractivity (Wildman–Crippen MR) is 265 cm³/mol. The van der Waals surface area contributed by atoms with E-state index in [9.17, 15) is 33.1 Å². The van der Waals surface area contributed by atoms with Gasteiger partial charge in [-0.25, -0.2) is 8.42 Å². The lowest BCUT2D eigenvalue weighted by atomic mass is 9.43. The first-order valence-electron chi connectivity index (χ1n) is 27.6. The molecule has 4 aliphatic carbocycles. The third kappa shape index (κ3) is 17.6. The summed E-state index contributed by atoms with van der Waals surface area (Å²) >= 11 is 0. The molecule has 0 aliphatic heterocycles. The number of amides is 1. The molecule has 0 spiro atoms. The van der Waals surface area contributed by atoms with E-state index < -0.39 is 28.1 Å². The molecule has 0 aromatic heterocycles. The van der Waals surface area contributed by atoms with Gasteiger partial charge in [0.15, 0.2) is 0 Å². The summed E-state index contributed by atoms with van der Waals surface area (Å²) in [7, 11) is -4.35. The summed E-state index contributed by atoms with van der Waals surface area (Å²) in [6.07, 6.45) is 34.5. The number of fused-ring (bicyclic) bond motifs is 5. The molecule has 10 heteroatoms. The average Bonchev–Trinajstić information content (AvgIpc) is 3.62. The van der Waals surface area contributed by atoms with Crippen LogP contribution in [0.15, 0.2) is 0 Å². The van der Waals surface area contributed by atoms with Gasteiger partial charge in [-0.1, -0.05) is 145 Å². The Balaban J connectivity index is 0.000000348. The molecule has 4 rings (SSSR count). The molecule has 4 aliphatic rings. The lowest BCUT2D eigenvalue weighted by molar-refractivity contribution is -0.929. The van der Waals surface area contributed by atoms with Crippen LogP contribution < -0.4 is 5.32 Å². The Kier molecular flexibility index (Phi) is 26.3. The van der Waals surface area contributed by atoms with Crippen LogP contribution in [0.1, 0.15) is 235 Å². The highest BCUT2D eigenvalue weighted by atomic mass is 32.2. The van der Waals surface area contributed by atoms with Crippen LogP contribution in [0.3, 0.4) is 0 Å². The molecule has 11 atom stereocenters. The van der Waals surface area contributed by atoms with E-state index in [1.807, 2.05) is 0 Å². The number of quaternary nitrogens is 1. The third-order valence-corrected chi connectivity index (χ3v) is 18.7. The average molecular weight is 926 g/mol. The van der Waals surface area contributed by atoms with Crippen molar-refractivity contribution in [2.75, 3.05) is 38.5 Å². The van der Waals surface area contributed by atoms with Crippen LogP contribution in [0.5, 0.6) is 0 Å². The Hall–Kier alpha value is -0.780. The first kappa shape index (κ1) is 57.5. The van der Waals surface area contributed by atoms with Gasteiger partial charge >= 0.3 is 0 Å². The molecule has 0 saturated heterocycles. The maximum atomic E-state index is 12.2. The molecule has 9 nitrogen and oxygen atoms in total. The molecule has 0 heterocycles. The molecule has 1 amide bonds. The van der Waals surface area contributed by atoms with Gasteiger partial charge in [-0.15, -0.1) is 0 Å². The van der Waals surface area contributed by atoms with Gasteiger partial charge in [-0.05, 0) is 130 Å². The number of aliphatic hydroxyl groups is 3. The second-order valence-electron chi connectivity index (χ2n) is 22.5. The topological polar surface area (TPSA) is 147 Å². The maximum Gasteiger partial charge on any atom is 0.220 e. The molecule has 0 radical (unpaired) electrons. The number of hydrogen-bond acceptors (Lipinski definition) is 7. The van der Waals surface area contributed by atoms with Gasteiger partial charge in [-0.2, -0.15) is 0 Å². The number of rotatable bonds is 31. The number of hydrogen-bond donors (Lipinski definition) is 4. The maximum absolute atomic E-state index is 12.2.